The van der Waals surface area contributed by atoms with Gasteiger partial charge in [0.25, 0.3) is 5.91 Å². The van der Waals surface area contributed by atoms with Gasteiger partial charge in [-0.25, -0.2) is 0 Å². The van der Waals surface area contributed by atoms with Crippen molar-refractivity contribution in [1.29, 1.82) is 0 Å². The summed E-state index contributed by atoms with van der Waals surface area (Å²) in [5, 5.41) is 9.99. The third-order valence-corrected chi connectivity index (χ3v) is 5.76. The van der Waals surface area contributed by atoms with Crippen LogP contribution in [0.1, 0.15) is 79.6 Å². The lowest BCUT2D eigenvalue weighted by atomic mass is 9.85. The SMILES string of the molecule is [3H]C([3H])([3H])n1c(C(C)(C)C)c/c(=N\C(=O)c2cc(C(F)(F)F)ccc2OCC(C)(C)O)n1CC1CCC1. The van der Waals surface area contributed by atoms with Crippen LogP contribution in [0.2, 0.25) is 0 Å². The molecule has 0 unspecified atom stereocenters. The van der Waals surface area contributed by atoms with Gasteiger partial charge in [0.05, 0.1) is 16.7 Å². The van der Waals surface area contributed by atoms with Crippen LogP contribution in [-0.4, -0.2) is 32.6 Å². The van der Waals surface area contributed by atoms with Crippen LogP contribution in [0.4, 0.5) is 13.2 Å². The molecule has 6 nitrogen and oxygen atoms in total. The maximum absolute atomic E-state index is 13.4. The van der Waals surface area contributed by atoms with Gasteiger partial charge < -0.3 is 9.84 Å². The summed E-state index contributed by atoms with van der Waals surface area (Å²) in [6.45, 7) is 5.88. The predicted octanol–water partition coefficient (Wildman–Crippen LogP) is 4.83. The number of hydrogen-bond donors (Lipinski definition) is 1. The fourth-order valence-electron chi connectivity index (χ4n) is 3.63. The van der Waals surface area contributed by atoms with Gasteiger partial charge in [0.1, 0.15) is 12.4 Å². The van der Waals surface area contributed by atoms with E-state index in [9.17, 15) is 23.1 Å². The molecule has 1 aliphatic carbocycles. The third-order valence-electron chi connectivity index (χ3n) is 5.76. The summed E-state index contributed by atoms with van der Waals surface area (Å²) in [6.07, 6.45) is -1.89. The summed E-state index contributed by atoms with van der Waals surface area (Å²) in [4.78, 5) is 17.5. The van der Waals surface area contributed by atoms with Gasteiger partial charge in [0.15, 0.2) is 5.49 Å². The number of rotatable bonds is 6. The molecule has 9 heteroatoms. The zero-order valence-corrected chi connectivity index (χ0v) is 20.2. The summed E-state index contributed by atoms with van der Waals surface area (Å²) >= 11 is 0. The molecule has 2 aromatic rings. The van der Waals surface area contributed by atoms with E-state index >= 15 is 0 Å². The minimum atomic E-state index is -4.71. The van der Waals surface area contributed by atoms with Crippen molar-refractivity contribution in [2.75, 3.05) is 6.61 Å². The van der Waals surface area contributed by atoms with E-state index in [4.69, 9.17) is 8.85 Å². The van der Waals surface area contributed by atoms with Gasteiger partial charge in [-0.15, -0.1) is 0 Å². The second-order valence-electron chi connectivity index (χ2n) is 10.6. The van der Waals surface area contributed by atoms with E-state index in [-0.39, 0.29) is 23.8 Å². The van der Waals surface area contributed by atoms with Gasteiger partial charge in [-0.05, 0) is 50.8 Å². The molecule has 0 radical (unpaired) electrons. The Morgan fingerprint density at radius 3 is 2.38 bits per heavy atom. The molecule has 0 aliphatic heterocycles. The number of hydrogen-bond acceptors (Lipinski definition) is 3. The van der Waals surface area contributed by atoms with Gasteiger partial charge in [0.2, 0.25) is 0 Å². The lowest BCUT2D eigenvalue weighted by molar-refractivity contribution is -0.137. The van der Waals surface area contributed by atoms with E-state index in [2.05, 4.69) is 4.99 Å². The second kappa shape index (κ2) is 9.24. The van der Waals surface area contributed by atoms with Crippen LogP contribution < -0.4 is 10.2 Å². The molecule has 1 aromatic heterocycles. The first-order valence-electron chi connectivity index (χ1n) is 12.8. The average molecular weight is 488 g/mol. The number of alkyl halides is 3. The Morgan fingerprint density at radius 1 is 1.21 bits per heavy atom. The first-order valence-corrected chi connectivity index (χ1v) is 11.3. The van der Waals surface area contributed by atoms with Crippen LogP contribution in [0.15, 0.2) is 29.3 Å². The number of carbonyl (C=O) groups excluding carboxylic acids is 1. The molecule has 1 N–H and O–H groups in total. The number of amides is 1. The quantitative estimate of drug-likeness (QED) is 0.634. The van der Waals surface area contributed by atoms with Crippen LogP contribution in [0, 0.1) is 5.92 Å². The maximum Gasteiger partial charge on any atom is 0.416 e. The summed E-state index contributed by atoms with van der Waals surface area (Å²) in [5.74, 6) is -0.972. The second-order valence-corrected chi connectivity index (χ2v) is 10.6. The lowest BCUT2D eigenvalue weighted by Crippen LogP contribution is -2.31. The van der Waals surface area contributed by atoms with E-state index in [0.717, 1.165) is 36.1 Å². The molecule has 1 amide bonds. The van der Waals surface area contributed by atoms with Crippen molar-refractivity contribution < 1.29 is 31.9 Å². The van der Waals surface area contributed by atoms with Crippen molar-refractivity contribution in [1.82, 2.24) is 9.36 Å². The van der Waals surface area contributed by atoms with Gasteiger partial charge in [0, 0.05) is 34.8 Å². The molecule has 1 heterocycles. The zero-order chi connectivity index (χ0) is 28.0. The number of ether oxygens (including phenoxy) is 1. The van der Waals surface area contributed by atoms with E-state index in [1.165, 1.54) is 24.6 Å². The Morgan fingerprint density at radius 2 is 1.88 bits per heavy atom. The molecular weight excluding hydrogens is 447 g/mol. The molecular formula is C25H34F3N3O3. The van der Waals surface area contributed by atoms with Gasteiger partial charge in [-0.1, -0.05) is 27.2 Å². The largest absolute Gasteiger partial charge is 0.490 e. The van der Waals surface area contributed by atoms with E-state index < -0.39 is 41.2 Å². The van der Waals surface area contributed by atoms with Crippen LogP contribution in [-0.2, 0) is 25.1 Å². The Hall–Kier alpha value is -2.55. The Bertz CT molecular complexity index is 1210. The molecule has 0 bridgehead atoms. The predicted molar refractivity (Wildman–Crippen MR) is 123 cm³/mol. The van der Waals surface area contributed by atoms with Crippen molar-refractivity contribution in [2.45, 2.75) is 77.6 Å². The number of nitrogens with zero attached hydrogens (tertiary/aromatic N) is 3. The summed E-state index contributed by atoms with van der Waals surface area (Å²) < 4.78 is 72.8. The number of aromatic nitrogens is 2. The molecule has 188 valence electrons. The van der Waals surface area contributed by atoms with E-state index in [1.54, 1.807) is 0 Å². The Balaban J connectivity index is 2.21. The molecule has 1 fully saturated rings. The molecule has 0 spiro atoms. The highest BCUT2D eigenvalue weighted by molar-refractivity contribution is 5.97. The zero-order valence-electron chi connectivity index (χ0n) is 23.2. The van der Waals surface area contributed by atoms with Crippen LogP contribution in [0.3, 0.4) is 0 Å². The fraction of sp³-hybridized carbons (Fsp3) is 0.600. The monoisotopic (exact) mass is 487 g/mol. The fourth-order valence-corrected chi connectivity index (χ4v) is 3.63. The van der Waals surface area contributed by atoms with Crippen LogP contribution in [0.25, 0.3) is 0 Å². The average Bonchev–Trinajstić information content (AvgIpc) is 3.06. The van der Waals surface area contributed by atoms with Crippen molar-refractivity contribution in [2.24, 2.45) is 17.9 Å². The summed E-state index contributed by atoms with van der Waals surface area (Å²) in [5.41, 5.74) is -2.95. The standard InChI is InChI=1S/C25H34F3N3O3/c1-23(2,3)20-13-21(31(30(20)6)14-16-8-7-9-16)29-22(32)18-12-17(25(26,27)28)10-11-19(18)34-15-24(4,5)33/h10-13,16,33H,7-9,14-15H2,1-6H3/b29-21+/i6T3. The first kappa shape index (κ1) is 21.9. The van der Waals surface area contributed by atoms with E-state index in [0.29, 0.717) is 18.3 Å². The van der Waals surface area contributed by atoms with Gasteiger partial charge in [-0.2, -0.15) is 18.2 Å². The minimum Gasteiger partial charge on any atom is -0.490 e. The van der Waals surface area contributed by atoms with Gasteiger partial charge >= 0.3 is 6.18 Å². The summed E-state index contributed by atoms with van der Waals surface area (Å²) in [6, 6.07) is 3.98. The minimum absolute atomic E-state index is 0.0452. The number of halogens is 3. The highest BCUT2D eigenvalue weighted by Gasteiger charge is 2.32. The topological polar surface area (TPSA) is 68.8 Å². The number of carbonyl (C=O) groups is 1. The smallest absolute Gasteiger partial charge is 0.416 e. The Labute approximate surface area is 202 Å². The molecule has 3 rings (SSSR count). The molecule has 0 saturated heterocycles. The molecule has 1 aliphatic rings. The van der Waals surface area contributed by atoms with Crippen molar-refractivity contribution in [3.8, 4) is 5.75 Å². The van der Waals surface area contributed by atoms with Crippen molar-refractivity contribution in [3.05, 3.63) is 46.6 Å². The highest BCUT2D eigenvalue weighted by Crippen LogP contribution is 2.33. The molecule has 34 heavy (non-hydrogen) atoms. The number of benzene rings is 1. The summed E-state index contributed by atoms with van der Waals surface area (Å²) in [7, 11) is 0. The van der Waals surface area contributed by atoms with Crippen LogP contribution >= 0.6 is 0 Å². The number of aliphatic hydroxyl groups is 1. The molecule has 1 aromatic carbocycles. The van der Waals surface area contributed by atoms with E-state index in [1.807, 2.05) is 20.8 Å². The normalized spacial score (nSPS) is 17.7. The third kappa shape index (κ3) is 6.11. The maximum atomic E-state index is 13.4. The molecule has 1 saturated carbocycles. The van der Waals surface area contributed by atoms with Gasteiger partial charge in [-0.3, -0.25) is 14.2 Å². The van der Waals surface area contributed by atoms with Crippen molar-refractivity contribution in [3.63, 3.8) is 0 Å². The lowest BCUT2D eigenvalue weighted by Gasteiger charge is -2.27. The Kier molecular flexibility index (Phi) is 5.97. The highest BCUT2D eigenvalue weighted by atomic mass is 19.4. The first-order chi connectivity index (χ1) is 16.8. The van der Waals surface area contributed by atoms with Crippen molar-refractivity contribution >= 4 is 5.91 Å². The molecule has 0 atom stereocenters. The van der Waals surface area contributed by atoms with Crippen LogP contribution in [0.5, 0.6) is 5.75 Å².